The van der Waals surface area contributed by atoms with Crippen LogP contribution in [0.25, 0.3) is 6.08 Å². The maximum Gasteiger partial charge on any atom is 0.250 e. The second kappa shape index (κ2) is 8.05. The van der Waals surface area contributed by atoms with Gasteiger partial charge in [-0.15, -0.1) is 0 Å². The summed E-state index contributed by atoms with van der Waals surface area (Å²) in [5, 5.41) is 5.45. The highest BCUT2D eigenvalue weighted by atomic mass is 32.1. The van der Waals surface area contributed by atoms with Crippen LogP contribution in [-0.2, 0) is 4.79 Å². The fraction of sp³-hybridized carbons (Fsp3) is 0.0588. The lowest BCUT2D eigenvalue weighted by atomic mass is 10.2. The molecule has 0 aromatic heterocycles. The maximum absolute atomic E-state index is 12.8. The minimum absolute atomic E-state index is 0.140. The lowest BCUT2D eigenvalue weighted by Gasteiger charge is -2.07. The molecule has 23 heavy (non-hydrogen) atoms. The zero-order chi connectivity index (χ0) is 16.7. The molecular formula is C17H15FN2O2S. The van der Waals surface area contributed by atoms with Crippen LogP contribution in [0.5, 0.6) is 5.75 Å². The van der Waals surface area contributed by atoms with Gasteiger partial charge in [-0.1, -0.05) is 12.1 Å². The third kappa shape index (κ3) is 5.52. The molecule has 2 aromatic carbocycles. The van der Waals surface area contributed by atoms with Gasteiger partial charge in [-0.3, -0.25) is 10.1 Å². The quantitative estimate of drug-likeness (QED) is 0.667. The van der Waals surface area contributed by atoms with Crippen molar-refractivity contribution in [3.8, 4) is 5.75 Å². The first-order valence-corrected chi connectivity index (χ1v) is 7.17. The molecule has 2 aromatic rings. The van der Waals surface area contributed by atoms with Crippen LogP contribution < -0.4 is 15.4 Å². The number of thiocarbonyl (C=S) groups is 1. The topological polar surface area (TPSA) is 50.4 Å². The van der Waals surface area contributed by atoms with Crippen LogP contribution in [-0.4, -0.2) is 18.1 Å². The van der Waals surface area contributed by atoms with Gasteiger partial charge in [0.25, 0.3) is 0 Å². The van der Waals surface area contributed by atoms with Crippen molar-refractivity contribution in [2.24, 2.45) is 0 Å². The molecule has 0 aliphatic rings. The van der Waals surface area contributed by atoms with Crippen LogP contribution in [0.1, 0.15) is 5.56 Å². The van der Waals surface area contributed by atoms with E-state index < -0.39 is 0 Å². The maximum atomic E-state index is 12.8. The monoisotopic (exact) mass is 330 g/mol. The van der Waals surface area contributed by atoms with Crippen molar-refractivity contribution in [2.45, 2.75) is 0 Å². The highest BCUT2D eigenvalue weighted by Gasteiger charge is 2.02. The van der Waals surface area contributed by atoms with Crippen molar-refractivity contribution >= 4 is 35.0 Å². The van der Waals surface area contributed by atoms with Gasteiger partial charge >= 0.3 is 0 Å². The minimum Gasteiger partial charge on any atom is -0.497 e. The molecule has 0 aliphatic carbocycles. The molecule has 0 radical (unpaired) electrons. The summed E-state index contributed by atoms with van der Waals surface area (Å²) in [6, 6.07) is 12.9. The summed E-state index contributed by atoms with van der Waals surface area (Å²) >= 11 is 5.02. The number of carbonyl (C=O) groups is 1. The van der Waals surface area contributed by atoms with E-state index in [1.807, 2.05) is 12.1 Å². The van der Waals surface area contributed by atoms with Crippen LogP contribution in [0.3, 0.4) is 0 Å². The zero-order valence-electron chi connectivity index (χ0n) is 12.4. The molecule has 6 heteroatoms. The van der Waals surface area contributed by atoms with E-state index in [2.05, 4.69) is 10.6 Å². The van der Waals surface area contributed by atoms with E-state index in [9.17, 15) is 9.18 Å². The van der Waals surface area contributed by atoms with Gasteiger partial charge in [0.1, 0.15) is 11.6 Å². The molecule has 118 valence electrons. The van der Waals surface area contributed by atoms with Gasteiger partial charge < -0.3 is 10.1 Å². The van der Waals surface area contributed by atoms with E-state index in [-0.39, 0.29) is 16.8 Å². The molecular weight excluding hydrogens is 315 g/mol. The molecule has 2 rings (SSSR count). The van der Waals surface area contributed by atoms with Crippen molar-refractivity contribution in [3.05, 3.63) is 66.0 Å². The van der Waals surface area contributed by atoms with E-state index >= 15 is 0 Å². The average molecular weight is 330 g/mol. The smallest absolute Gasteiger partial charge is 0.250 e. The fourth-order valence-corrected chi connectivity index (χ4v) is 1.95. The molecule has 2 N–H and O–H groups in total. The van der Waals surface area contributed by atoms with Crippen molar-refractivity contribution in [1.82, 2.24) is 5.32 Å². The molecule has 1 amide bonds. The first-order valence-electron chi connectivity index (χ1n) is 6.76. The average Bonchev–Trinajstić information content (AvgIpc) is 2.55. The Morgan fingerprint density at radius 1 is 1.13 bits per heavy atom. The first-order chi connectivity index (χ1) is 11.1. The van der Waals surface area contributed by atoms with Crippen LogP contribution in [0.2, 0.25) is 0 Å². The normalized spacial score (nSPS) is 10.3. The van der Waals surface area contributed by atoms with Crippen molar-refractivity contribution in [2.75, 3.05) is 12.4 Å². The van der Waals surface area contributed by atoms with Gasteiger partial charge in [0.15, 0.2) is 5.11 Å². The Bertz CT molecular complexity index is 712. The Balaban J connectivity index is 1.86. The lowest BCUT2D eigenvalue weighted by Crippen LogP contribution is -2.32. The number of amides is 1. The molecule has 0 heterocycles. The molecule has 0 fully saturated rings. The summed E-state index contributed by atoms with van der Waals surface area (Å²) in [6.45, 7) is 0. The van der Waals surface area contributed by atoms with Gasteiger partial charge in [-0.05, 0) is 60.3 Å². The van der Waals surface area contributed by atoms with Gasteiger partial charge in [-0.25, -0.2) is 4.39 Å². The number of anilines is 1. The highest BCUT2D eigenvalue weighted by molar-refractivity contribution is 7.80. The van der Waals surface area contributed by atoms with E-state index in [4.69, 9.17) is 17.0 Å². The second-order valence-corrected chi connectivity index (χ2v) is 4.97. The van der Waals surface area contributed by atoms with Crippen LogP contribution in [0, 0.1) is 5.82 Å². The predicted octanol–water partition coefficient (Wildman–Crippen LogP) is 3.36. The summed E-state index contributed by atoms with van der Waals surface area (Å²) in [4.78, 5) is 11.8. The number of benzene rings is 2. The Hall–Kier alpha value is -2.73. The predicted molar refractivity (Wildman–Crippen MR) is 92.8 cm³/mol. The fourth-order valence-electron chi connectivity index (χ4n) is 1.74. The summed E-state index contributed by atoms with van der Waals surface area (Å²) in [5.41, 5.74) is 1.45. The Labute approximate surface area is 139 Å². The molecule has 0 spiro atoms. The number of carbonyl (C=O) groups excluding carboxylic acids is 1. The van der Waals surface area contributed by atoms with E-state index in [1.165, 1.54) is 30.3 Å². The summed E-state index contributed by atoms with van der Waals surface area (Å²) in [6.07, 6.45) is 3.04. The number of rotatable bonds is 4. The number of hydrogen-bond donors (Lipinski definition) is 2. The standard InChI is InChI=1S/C17H15FN2O2S/c1-22-15-9-2-12(3-10-15)4-11-16(21)20-17(23)19-14-7-5-13(18)6-8-14/h2-11H,1H3,(H2,19,20,21,23). The molecule has 0 saturated carbocycles. The largest absolute Gasteiger partial charge is 0.497 e. The molecule has 0 unspecified atom stereocenters. The van der Waals surface area contributed by atoms with E-state index in [1.54, 1.807) is 25.3 Å². The van der Waals surface area contributed by atoms with Gasteiger partial charge in [-0.2, -0.15) is 0 Å². The lowest BCUT2D eigenvalue weighted by molar-refractivity contribution is -0.115. The zero-order valence-corrected chi connectivity index (χ0v) is 13.2. The van der Waals surface area contributed by atoms with Gasteiger partial charge in [0, 0.05) is 11.8 Å². The van der Waals surface area contributed by atoms with Crippen LogP contribution >= 0.6 is 12.2 Å². The van der Waals surface area contributed by atoms with Crippen molar-refractivity contribution < 1.29 is 13.9 Å². The van der Waals surface area contributed by atoms with Crippen molar-refractivity contribution in [1.29, 1.82) is 0 Å². The van der Waals surface area contributed by atoms with Crippen LogP contribution in [0.4, 0.5) is 10.1 Å². The summed E-state index contributed by atoms with van der Waals surface area (Å²) < 4.78 is 17.9. The molecule has 0 aliphatic heterocycles. The number of nitrogens with one attached hydrogen (secondary N) is 2. The first kappa shape index (κ1) is 16.6. The second-order valence-electron chi connectivity index (χ2n) is 4.56. The van der Waals surface area contributed by atoms with Gasteiger partial charge in [0.05, 0.1) is 7.11 Å². The highest BCUT2D eigenvalue weighted by Crippen LogP contribution is 2.12. The third-order valence-corrected chi connectivity index (χ3v) is 3.09. The SMILES string of the molecule is COc1ccc(C=CC(=O)NC(=S)Nc2ccc(F)cc2)cc1. The molecule has 0 atom stereocenters. The van der Waals surface area contributed by atoms with Gasteiger partial charge in [0.2, 0.25) is 5.91 Å². The number of ether oxygens (including phenoxy) is 1. The van der Waals surface area contributed by atoms with Crippen LogP contribution in [0.15, 0.2) is 54.6 Å². The Morgan fingerprint density at radius 2 is 1.78 bits per heavy atom. The van der Waals surface area contributed by atoms with E-state index in [0.29, 0.717) is 5.69 Å². The molecule has 4 nitrogen and oxygen atoms in total. The molecule has 0 bridgehead atoms. The summed E-state index contributed by atoms with van der Waals surface area (Å²) in [7, 11) is 1.59. The Morgan fingerprint density at radius 3 is 2.39 bits per heavy atom. The minimum atomic E-state index is -0.361. The van der Waals surface area contributed by atoms with Crippen molar-refractivity contribution in [3.63, 3.8) is 0 Å². The molecule has 0 saturated heterocycles. The number of halogens is 1. The number of hydrogen-bond acceptors (Lipinski definition) is 3. The summed E-state index contributed by atoms with van der Waals surface area (Å²) in [5.74, 6) is 0.0460. The van der Waals surface area contributed by atoms with E-state index in [0.717, 1.165) is 11.3 Å². The third-order valence-electron chi connectivity index (χ3n) is 2.88. The number of methoxy groups -OCH3 is 1. The Kier molecular flexibility index (Phi) is 5.82.